The molecular weight excluding hydrogens is 518 g/mol. The zero-order chi connectivity index (χ0) is 29.9. The molecule has 0 aromatic heterocycles. The topological polar surface area (TPSA) is 85.2 Å². The van der Waals surface area contributed by atoms with E-state index in [2.05, 4.69) is 91.3 Å². The van der Waals surface area contributed by atoms with E-state index in [0.717, 1.165) is 35.1 Å². The molecule has 2 unspecified atom stereocenters. The van der Waals surface area contributed by atoms with Crippen molar-refractivity contribution in [1.82, 2.24) is 10.4 Å². The van der Waals surface area contributed by atoms with Crippen LogP contribution in [0.2, 0.25) is 0 Å². The molecule has 4 rings (SSSR count). The first-order chi connectivity index (χ1) is 19.1. The number of hydroxylamine groups is 2. The van der Waals surface area contributed by atoms with Crippen LogP contribution in [0.1, 0.15) is 94.7 Å². The van der Waals surface area contributed by atoms with E-state index in [4.69, 9.17) is 4.91 Å². The molecule has 0 radical (unpaired) electrons. The summed E-state index contributed by atoms with van der Waals surface area (Å²) in [5, 5.41) is 27.1. The third-order valence-electron chi connectivity index (χ3n) is 7.88. The van der Waals surface area contributed by atoms with Gasteiger partial charge >= 0.3 is 0 Å². The molecule has 0 saturated heterocycles. The highest BCUT2D eigenvalue weighted by Gasteiger charge is 2.50. The highest BCUT2D eigenvalue weighted by Crippen LogP contribution is 2.50. The van der Waals surface area contributed by atoms with Crippen LogP contribution in [0.3, 0.4) is 0 Å². The van der Waals surface area contributed by atoms with Gasteiger partial charge in [-0.15, -0.1) is 4.91 Å². The van der Waals surface area contributed by atoms with Gasteiger partial charge in [-0.05, 0) is 61.9 Å². The van der Waals surface area contributed by atoms with Crippen LogP contribution in [0.25, 0.3) is 0 Å². The van der Waals surface area contributed by atoms with Gasteiger partial charge in [-0.2, -0.15) is 5.06 Å². The Bertz CT molecular complexity index is 1140. The van der Waals surface area contributed by atoms with Crippen molar-refractivity contribution in [1.29, 1.82) is 0 Å². The molecular formula is C33H47N3O3S. The first-order valence-electron chi connectivity index (χ1n) is 14.1. The fourth-order valence-electron chi connectivity index (χ4n) is 5.56. The van der Waals surface area contributed by atoms with Crippen molar-refractivity contribution >= 4 is 11.9 Å². The number of nitrogens with zero attached hydrogens (tertiary/aromatic N) is 2. The first kappa shape index (κ1) is 33.7. The van der Waals surface area contributed by atoms with Crippen molar-refractivity contribution in [2.75, 3.05) is 12.8 Å². The smallest absolute Gasteiger partial charge is 0.0914 e. The van der Waals surface area contributed by atoms with Crippen LogP contribution in [-0.2, 0) is 11.1 Å². The second-order valence-corrected chi connectivity index (χ2v) is 11.1. The molecule has 1 aliphatic rings. The quantitative estimate of drug-likeness (QED) is 0.179. The third-order valence-corrected chi connectivity index (χ3v) is 8.03. The molecule has 40 heavy (non-hydrogen) atoms. The van der Waals surface area contributed by atoms with E-state index in [1.807, 2.05) is 45.9 Å². The highest BCUT2D eigenvalue weighted by molar-refractivity contribution is 7.97. The fourth-order valence-corrected chi connectivity index (χ4v) is 5.56. The maximum Gasteiger partial charge on any atom is 0.0914 e. The number of nitrogens with one attached hydrogen (secondary N) is 1. The molecule has 6 nitrogen and oxygen atoms in total. The Labute approximate surface area is 245 Å². The van der Waals surface area contributed by atoms with Gasteiger partial charge in [-0.3, -0.25) is 0 Å². The van der Waals surface area contributed by atoms with Crippen molar-refractivity contribution in [2.24, 2.45) is 4.58 Å². The van der Waals surface area contributed by atoms with E-state index in [1.54, 1.807) is 6.26 Å². The maximum atomic E-state index is 11.1. The predicted octanol–water partition coefficient (Wildman–Crippen LogP) is 8.15. The number of aliphatic hydroxyl groups is 1. The Morgan fingerprint density at radius 1 is 0.900 bits per heavy atom. The van der Waals surface area contributed by atoms with E-state index in [-0.39, 0.29) is 12.0 Å². The third kappa shape index (κ3) is 7.39. The summed E-state index contributed by atoms with van der Waals surface area (Å²) in [5.74, 6) is 0.182. The Kier molecular flexibility index (Phi) is 13.0. The summed E-state index contributed by atoms with van der Waals surface area (Å²) in [4.78, 5) is 8.89. The molecule has 1 aliphatic heterocycles. The molecule has 3 atom stereocenters. The molecule has 3 aromatic rings. The second kappa shape index (κ2) is 15.5. The molecule has 218 valence electrons. The van der Waals surface area contributed by atoms with Gasteiger partial charge in [0.1, 0.15) is 0 Å². The molecule has 3 aromatic carbocycles. The molecule has 7 heteroatoms. The predicted molar refractivity (Wildman–Crippen MR) is 169 cm³/mol. The standard InChI is InChI=1S/C30H38N2O2.C2H6.CH3NOS/c1-6-30(5)26-19-24(17-18-25(26)29(3,4)32(30)34)27(33)20-31-21(2)28(22-13-9-7-10-14-22)23-15-11-8-12-16-23;1-2;1-4-2-3/h7-19,21,27-28,31,33-34H,6,20H2,1-5H3;1-2H3;1H3/t21-,27?,30?;;/m1../s1. The van der Waals surface area contributed by atoms with Gasteiger partial charge in [-0.25, -0.2) is 0 Å². The number of hydrogen-bond acceptors (Lipinski definition) is 7. The molecule has 0 fully saturated rings. The van der Waals surface area contributed by atoms with Crippen LogP contribution in [0, 0.1) is 4.91 Å². The van der Waals surface area contributed by atoms with Gasteiger partial charge in [0.2, 0.25) is 0 Å². The van der Waals surface area contributed by atoms with Crippen LogP contribution >= 0.6 is 11.9 Å². The SMILES string of the molecule is CC.CCC1(C)c2cc(C(O)CN[C@H](C)C(c3ccccc3)c3ccccc3)ccc2C(C)(C)N1O.CSN=O. The average molecular weight is 566 g/mol. The van der Waals surface area contributed by atoms with Crippen molar-refractivity contribution in [3.05, 3.63) is 112 Å². The zero-order valence-electron chi connectivity index (χ0n) is 25.3. The normalized spacial score (nSPS) is 19.0. The summed E-state index contributed by atoms with van der Waals surface area (Å²) in [6, 6.07) is 27.3. The molecule has 0 amide bonds. The lowest BCUT2D eigenvalue weighted by Gasteiger charge is -2.37. The zero-order valence-corrected chi connectivity index (χ0v) is 26.1. The van der Waals surface area contributed by atoms with E-state index in [9.17, 15) is 10.3 Å². The van der Waals surface area contributed by atoms with Crippen molar-refractivity contribution < 1.29 is 10.3 Å². The number of rotatable bonds is 9. The van der Waals surface area contributed by atoms with E-state index in [1.165, 1.54) is 16.2 Å². The van der Waals surface area contributed by atoms with Gasteiger partial charge in [0.05, 0.1) is 17.2 Å². The summed E-state index contributed by atoms with van der Waals surface area (Å²) in [6.07, 6.45) is 1.76. The average Bonchev–Trinajstić information content (AvgIpc) is 3.15. The van der Waals surface area contributed by atoms with Crippen molar-refractivity contribution in [2.45, 2.75) is 84.0 Å². The van der Waals surface area contributed by atoms with Gasteiger partial charge in [0.15, 0.2) is 0 Å². The van der Waals surface area contributed by atoms with E-state index in [0.29, 0.717) is 6.54 Å². The Morgan fingerprint density at radius 3 is 1.85 bits per heavy atom. The summed E-state index contributed by atoms with van der Waals surface area (Å²) in [5.41, 5.74) is 4.66. The lowest BCUT2D eigenvalue weighted by molar-refractivity contribution is -0.222. The molecule has 0 saturated carbocycles. The Morgan fingerprint density at radius 2 is 1.40 bits per heavy atom. The number of benzene rings is 3. The van der Waals surface area contributed by atoms with Gasteiger partial charge in [0.25, 0.3) is 0 Å². The molecule has 0 spiro atoms. The number of aliphatic hydroxyl groups excluding tert-OH is 1. The lowest BCUT2D eigenvalue weighted by atomic mass is 9.85. The van der Waals surface area contributed by atoms with Gasteiger partial charge < -0.3 is 15.6 Å². The highest BCUT2D eigenvalue weighted by atomic mass is 32.2. The van der Waals surface area contributed by atoms with Crippen LogP contribution in [0.5, 0.6) is 0 Å². The van der Waals surface area contributed by atoms with Crippen LogP contribution in [0.4, 0.5) is 0 Å². The number of fused-ring (bicyclic) bond motifs is 1. The molecule has 0 bridgehead atoms. The monoisotopic (exact) mass is 565 g/mol. The minimum atomic E-state index is -0.642. The van der Waals surface area contributed by atoms with E-state index >= 15 is 0 Å². The van der Waals surface area contributed by atoms with Crippen LogP contribution < -0.4 is 5.32 Å². The van der Waals surface area contributed by atoms with Crippen LogP contribution in [0.15, 0.2) is 83.4 Å². The maximum absolute atomic E-state index is 11.1. The van der Waals surface area contributed by atoms with E-state index < -0.39 is 17.2 Å². The summed E-state index contributed by atoms with van der Waals surface area (Å²) < 4.78 is 2.40. The van der Waals surface area contributed by atoms with Crippen LogP contribution in [-0.4, -0.2) is 34.2 Å². The molecule has 1 heterocycles. The lowest BCUT2D eigenvalue weighted by Crippen LogP contribution is -2.44. The van der Waals surface area contributed by atoms with Crippen molar-refractivity contribution in [3.8, 4) is 0 Å². The number of nitroso groups, excluding NO2 is 1. The Hall–Kier alpha value is -2.55. The fraction of sp³-hybridized carbons (Fsp3) is 0.455. The molecule has 0 aliphatic carbocycles. The largest absolute Gasteiger partial charge is 0.387 e. The van der Waals surface area contributed by atoms with Crippen molar-refractivity contribution in [3.63, 3.8) is 0 Å². The van der Waals surface area contributed by atoms with Gasteiger partial charge in [0, 0.05) is 41.3 Å². The summed E-state index contributed by atoms with van der Waals surface area (Å²) in [6.45, 7) is 14.9. The first-order valence-corrected chi connectivity index (χ1v) is 15.3. The summed E-state index contributed by atoms with van der Waals surface area (Å²) in [7, 11) is 0. The summed E-state index contributed by atoms with van der Waals surface area (Å²) >= 11 is 0.926. The number of hydrogen-bond donors (Lipinski definition) is 3. The Balaban J connectivity index is 0.000000858. The minimum absolute atomic E-state index is 0.127. The molecule has 3 N–H and O–H groups in total. The minimum Gasteiger partial charge on any atom is -0.387 e. The second-order valence-electron chi connectivity index (χ2n) is 10.6. The van der Waals surface area contributed by atoms with Gasteiger partial charge in [-0.1, -0.05) is 99.6 Å².